The molecule has 1 amide bonds. The highest BCUT2D eigenvalue weighted by atomic mass is 35.5. The fourth-order valence-electron chi connectivity index (χ4n) is 5.73. The van der Waals surface area contributed by atoms with Crippen LogP contribution in [0, 0.1) is 13.8 Å². The van der Waals surface area contributed by atoms with E-state index in [1.54, 1.807) is 30.5 Å². The van der Waals surface area contributed by atoms with Crippen LogP contribution in [0.25, 0.3) is 6.08 Å². The Kier molecular flexibility index (Phi) is 14.0. The Bertz CT molecular complexity index is 1940. The maximum absolute atomic E-state index is 13.0. The van der Waals surface area contributed by atoms with Crippen LogP contribution >= 0.6 is 35.6 Å². The van der Waals surface area contributed by atoms with E-state index in [9.17, 15) is 4.79 Å². The third-order valence-electron chi connectivity index (χ3n) is 8.76. The summed E-state index contributed by atoms with van der Waals surface area (Å²) >= 11 is 12.3. The summed E-state index contributed by atoms with van der Waals surface area (Å²) in [6.07, 6.45) is 5.99. The Labute approximate surface area is 322 Å². The zero-order valence-electron chi connectivity index (χ0n) is 29.3. The minimum absolute atomic E-state index is 0. The van der Waals surface area contributed by atoms with Gasteiger partial charge in [0.1, 0.15) is 23.9 Å². The van der Waals surface area contributed by atoms with Crippen LogP contribution in [-0.4, -0.2) is 53.5 Å². The summed E-state index contributed by atoms with van der Waals surface area (Å²) in [6, 6.07) is 31.7. The van der Waals surface area contributed by atoms with E-state index >= 15 is 0 Å². The largest absolute Gasteiger partial charge is 0.493 e. The quantitative estimate of drug-likeness (QED) is 0.112. The molecule has 0 unspecified atom stereocenters. The number of hydrogen-bond donors (Lipinski definition) is 0. The van der Waals surface area contributed by atoms with Gasteiger partial charge in [0.15, 0.2) is 0 Å². The Balaban J connectivity index is 0.00000523. The number of aromatic nitrogens is 1. The minimum Gasteiger partial charge on any atom is -0.493 e. The van der Waals surface area contributed by atoms with E-state index < -0.39 is 0 Å². The van der Waals surface area contributed by atoms with Crippen molar-refractivity contribution in [2.24, 2.45) is 0 Å². The van der Waals surface area contributed by atoms with E-state index in [0.29, 0.717) is 47.1 Å². The molecule has 1 aromatic heterocycles. The molecule has 0 N–H and O–H groups in total. The minimum atomic E-state index is 0. The number of nitrogens with zero attached hydrogens (tertiary/aromatic N) is 3. The van der Waals surface area contributed by atoms with Crippen LogP contribution < -0.4 is 14.2 Å². The number of benzene rings is 4. The molecule has 1 aliphatic rings. The van der Waals surface area contributed by atoms with Crippen molar-refractivity contribution in [1.82, 2.24) is 14.8 Å². The number of carbonyl (C=O) groups excluding carboxylic acids is 1. The molecule has 10 heteroatoms. The molecule has 7 nitrogen and oxygen atoms in total. The van der Waals surface area contributed by atoms with E-state index in [2.05, 4.69) is 53.2 Å². The van der Waals surface area contributed by atoms with E-state index in [-0.39, 0.29) is 24.9 Å². The molecule has 4 aromatic carbocycles. The first-order chi connectivity index (χ1) is 24.8. The van der Waals surface area contributed by atoms with Crippen LogP contribution in [0.1, 0.15) is 33.4 Å². The van der Waals surface area contributed by atoms with Crippen LogP contribution in [0.2, 0.25) is 10.0 Å². The van der Waals surface area contributed by atoms with Crippen molar-refractivity contribution in [3.8, 4) is 23.1 Å². The molecule has 2 heterocycles. The van der Waals surface area contributed by atoms with Crippen molar-refractivity contribution >= 4 is 47.6 Å². The Morgan fingerprint density at radius 3 is 2.27 bits per heavy atom. The van der Waals surface area contributed by atoms with Gasteiger partial charge in [0.2, 0.25) is 11.8 Å². The Morgan fingerprint density at radius 2 is 1.56 bits per heavy atom. The van der Waals surface area contributed by atoms with Gasteiger partial charge in [0.05, 0.1) is 22.8 Å². The van der Waals surface area contributed by atoms with Gasteiger partial charge in [-0.3, -0.25) is 9.69 Å². The monoisotopic (exact) mass is 757 g/mol. The molecule has 6 rings (SSSR count). The van der Waals surface area contributed by atoms with Crippen molar-refractivity contribution in [3.63, 3.8) is 0 Å². The first kappa shape index (κ1) is 38.7. The highest BCUT2D eigenvalue weighted by molar-refractivity contribution is 6.42. The fourth-order valence-corrected chi connectivity index (χ4v) is 6.10. The number of rotatable bonds is 13. The predicted octanol–water partition coefficient (Wildman–Crippen LogP) is 9.78. The van der Waals surface area contributed by atoms with E-state index in [1.165, 1.54) is 16.7 Å². The molecular weight excluding hydrogens is 717 g/mol. The highest BCUT2D eigenvalue weighted by Gasteiger charge is 2.20. The molecule has 0 aliphatic carbocycles. The van der Waals surface area contributed by atoms with Gasteiger partial charge in [0.25, 0.3) is 0 Å². The first-order valence-corrected chi connectivity index (χ1v) is 17.8. The standard InChI is InChI=1S/C42H41Cl2N3O4.ClH/c1-30-6-14-36(15-7-30)49-25-20-32-8-10-34(11-9-32)28-46-21-23-47(24-22-46)41(48)19-13-33-12-17-39(31(2)26-33)51-40-18-16-37(27-45-40)50-29-35-4-3-5-38(43)42(35)44;/h3-19,26-27H,20-25,28-29H2,1-2H3;1H/b19-13+;. The van der Waals surface area contributed by atoms with Gasteiger partial charge < -0.3 is 19.1 Å². The van der Waals surface area contributed by atoms with Gasteiger partial charge in [-0.1, -0.05) is 83.4 Å². The van der Waals surface area contributed by atoms with Gasteiger partial charge in [-0.2, -0.15) is 0 Å². The zero-order valence-corrected chi connectivity index (χ0v) is 31.6. The average Bonchev–Trinajstić information content (AvgIpc) is 3.14. The predicted molar refractivity (Wildman–Crippen MR) is 211 cm³/mol. The smallest absolute Gasteiger partial charge is 0.246 e. The molecule has 0 spiro atoms. The maximum Gasteiger partial charge on any atom is 0.246 e. The molecule has 0 atom stereocenters. The first-order valence-electron chi connectivity index (χ1n) is 17.1. The topological polar surface area (TPSA) is 64.1 Å². The van der Waals surface area contributed by atoms with Gasteiger partial charge in [-0.15, -0.1) is 12.4 Å². The molecule has 0 bridgehead atoms. The lowest BCUT2D eigenvalue weighted by Crippen LogP contribution is -2.47. The third-order valence-corrected chi connectivity index (χ3v) is 9.62. The summed E-state index contributed by atoms with van der Waals surface area (Å²) in [5.74, 6) is 2.64. The second-order valence-corrected chi connectivity index (χ2v) is 13.4. The number of aryl methyl sites for hydroxylation is 2. The second-order valence-electron chi connectivity index (χ2n) is 12.6. The van der Waals surface area contributed by atoms with Crippen molar-refractivity contribution < 1.29 is 19.0 Å². The van der Waals surface area contributed by atoms with Gasteiger partial charge >= 0.3 is 0 Å². The highest BCUT2D eigenvalue weighted by Crippen LogP contribution is 2.28. The average molecular weight is 759 g/mol. The summed E-state index contributed by atoms with van der Waals surface area (Å²) < 4.78 is 17.7. The van der Waals surface area contributed by atoms with Crippen molar-refractivity contribution in [2.75, 3.05) is 32.8 Å². The molecule has 52 heavy (non-hydrogen) atoms. The summed E-state index contributed by atoms with van der Waals surface area (Å²) in [4.78, 5) is 21.7. The van der Waals surface area contributed by atoms with E-state index in [0.717, 1.165) is 48.5 Å². The van der Waals surface area contributed by atoms with Crippen molar-refractivity contribution in [3.05, 3.63) is 153 Å². The Morgan fingerprint density at radius 1 is 0.827 bits per heavy atom. The molecule has 0 saturated carbocycles. The van der Waals surface area contributed by atoms with Gasteiger partial charge in [-0.05, 0) is 78.6 Å². The number of halogens is 3. The summed E-state index contributed by atoms with van der Waals surface area (Å²) in [5, 5.41) is 0.970. The van der Waals surface area contributed by atoms with Gasteiger partial charge in [0, 0.05) is 56.9 Å². The molecule has 5 aromatic rings. The van der Waals surface area contributed by atoms with Crippen LogP contribution in [0.3, 0.4) is 0 Å². The lowest BCUT2D eigenvalue weighted by Gasteiger charge is -2.34. The fraction of sp³-hybridized carbons (Fsp3) is 0.238. The number of amides is 1. The number of pyridine rings is 1. The summed E-state index contributed by atoms with van der Waals surface area (Å²) in [7, 11) is 0. The van der Waals surface area contributed by atoms with Crippen LogP contribution in [0.5, 0.6) is 23.1 Å². The van der Waals surface area contributed by atoms with Crippen LogP contribution in [0.15, 0.2) is 109 Å². The molecule has 1 saturated heterocycles. The summed E-state index contributed by atoms with van der Waals surface area (Å²) in [5.41, 5.74) is 6.41. The maximum atomic E-state index is 13.0. The molecular formula is C42H42Cl3N3O4. The molecule has 0 radical (unpaired) electrons. The lowest BCUT2D eigenvalue weighted by molar-refractivity contribution is -0.127. The third kappa shape index (κ3) is 11.0. The Hall–Kier alpha value is -4.53. The SMILES string of the molecule is Cc1ccc(OCCc2ccc(CN3CCN(C(=O)/C=C/c4ccc(Oc5ccc(OCc6cccc(Cl)c6Cl)cn5)c(C)c4)CC3)cc2)cc1.Cl. The number of piperazine rings is 1. The van der Waals surface area contributed by atoms with Crippen LogP contribution in [-0.2, 0) is 24.4 Å². The second kappa shape index (κ2) is 18.8. The lowest BCUT2D eigenvalue weighted by atomic mass is 10.1. The normalized spacial score (nSPS) is 13.1. The molecule has 1 aliphatic heterocycles. The van der Waals surface area contributed by atoms with Crippen LogP contribution in [0.4, 0.5) is 0 Å². The van der Waals surface area contributed by atoms with E-state index in [4.69, 9.17) is 37.4 Å². The van der Waals surface area contributed by atoms with Gasteiger partial charge in [-0.25, -0.2) is 4.98 Å². The summed E-state index contributed by atoms with van der Waals surface area (Å²) in [6.45, 7) is 8.93. The number of carbonyl (C=O) groups is 1. The molecule has 1 fully saturated rings. The zero-order chi connectivity index (χ0) is 35.6. The number of hydrogen-bond acceptors (Lipinski definition) is 6. The van der Waals surface area contributed by atoms with E-state index in [1.807, 2.05) is 60.4 Å². The van der Waals surface area contributed by atoms with Crippen molar-refractivity contribution in [2.45, 2.75) is 33.4 Å². The molecule has 270 valence electrons. The van der Waals surface area contributed by atoms with Crippen molar-refractivity contribution in [1.29, 1.82) is 0 Å². The number of ether oxygens (including phenoxy) is 3.